The van der Waals surface area contributed by atoms with Gasteiger partial charge in [0.15, 0.2) is 17.5 Å². The molecule has 8 aromatic carbocycles. The van der Waals surface area contributed by atoms with E-state index < -0.39 is 0 Å². The minimum atomic E-state index is 0.596. The van der Waals surface area contributed by atoms with E-state index in [1.54, 1.807) is 0 Å². The molecular formula is C49H29N3OS. The summed E-state index contributed by atoms with van der Waals surface area (Å²) in [6, 6.07) is 61.4. The van der Waals surface area contributed by atoms with Crippen LogP contribution in [-0.2, 0) is 0 Å². The number of nitrogens with zero attached hydrogens (tertiary/aromatic N) is 3. The number of aromatic nitrogens is 3. The highest BCUT2D eigenvalue weighted by molar-refractivity contribution is 7.26. The van der Waals surface area contributed by atoms with E-state index in [1.165, 1.54) is 30.9 Å². The number of thiophene rings is 1. The summed E-state index contributed by atoms with van der Waals surface area (Å²) in [6.07, 6.45) is 0. The Morgan fingerprint density at radius 2 is 1.02 bits per heavy atom. The standard InChI is InChI=1S/C49H29N3OS/c1-3-12-30(13-4-1)35-17-9-10-19-38(35)48-50-47(32-15-5-2-6-16-32)51-49(52-48)39-20-11-21-43-45(39)41-29-33(23-26-42(41)53-43)34-24-27-44-40(28-34)37-25-22-31-14-7-8-18-36(31)46(37)54-44/h1-29H. The Morgan fingerprint density at radius 1 is 0.370 bits per heavy atom. The summed E-state index contributed by atoms with van der Waals surface area (Å²) in [7, 11) is 0. The Labute approximate surface area is 314 Å². The van der Waals surface area contributed by atoms with Crippen LogP contribution in [0.25, 0.3) is 109 Å². The fourth-order valence-electron chi connectivity index (χ4n) is 7.76. The predicted octanol–water partition coefficient (Wildman–Crippen LogP) is 13.6. The number of furan rings is 1. The van der Waals surface area contributed by atoms with Crippen LogP contribution in [0.4, 0.5) is 0 Å². The van der Waals surface area contributed by atoms with Crippen LogP contribution in [0.1, 0.15) is 0 Å². The molecule has 4 nitrogen and oxygen atoms in total. The van der Waals surface area contributed by atoms with E-state index in [0.717, 1.165) is 60.9 Å². The van der Waals surface area contributed by atoms with Gasteiger partial charge in [0.2, 0.25) is 0 Å². The van der Waals surface area contributed by atoms with Crippen LogP contribution in [0.2, 0.25) is 0 Å². The second-order valence-electron chi connectivity index (χ2n) is 13.6. The second-order valence-corrected chi connectivity index (χ2v) is 14.6. The molecule has 0 amide bonds. The molecule has 11 aromatic rings. The maximum atomic E-state index is 6.50. The van der Waals surface area contributed by atoms with Gasteiger partial charge in [0.25, 0.3) is 0 Å². The molecule has 0 aliphatic heterocycles. The molecule has 0 bridgehead atoms. The molecule has 252 valence electrons. The van der Waals surface area contributed by atoms with E-state index in [4.69, 9.17) is 19.4 Å². The van der Waals surface area contributed by atoms with Gasteiger partial charge in [-0.3, -0.25) is 0 Å². The monoisotopic (exact) mass is 707 g/mol. The number of rotatable bonds is 5. The lowest BCUT2D eigenvalue weighted by atomic mass is 9.98. The summed E-state index contributed by atoms with van der Waals surface area (Å²) in [5.74, 6) is 1.83. The highest BCUT2D eigenvalue weighted by Gasteiger charge is 2.20. The van der Waals surface area contributed by atoms with Gasteiger partial charge >= 0.3 is 0 Å². The normalized spacial score (nSPS) is 11.7. The molecule has 54 heavy (non-hydrogen) atoms. The second kappa shape index (κ2) is 12.3. The summed E-state index contributed by atoms with van der Waals surface area (Å²) in [5.41, 5.74) is 8.84. The van der Waals surface area contributed by atoms with Crippen molar-refractivity contribution in [3.63, 3.8) is 0 Å². The van der Waals surface area contributed by atoms with E-state index in [9.17, 15) is 0 Å². The lowest BCUT2D eigenvalue weighted by Crippen LogP contribution is -2.01. The maximum absolute atomic E-state index is 6.50. The molecule has 11 rings (SSSR count). The minimum Gasteiger partial charge on any atom is -0.456 e. The molecule has 3 aromatic heterocycles. The van der Waals surface area contributed by atoms with E-state index in [0.29, 0.717) is 17.5 Å². The summed E-state index contributed by atoms with van der Waals surface area (Å²) in [4.78, 5) is 15.4. The van der Waals surface area contributed by atoms with Crippen molar-refractivity contribution in [3.05, 3.63) is 176 Å². The third kappa shape index (κ3) is 5.01. The van der Waals surface area contributed by atoms with Crippen molar-refractivity contribution in [2.45, 2.75) is 0 Å². The first-order chi connectivity index (χ1) is 26.7. The average Bonchev–Trinajstić information content (AvgIpc) is 3.82. The van der Waals surface area contributed by atoms with Gasteiger partial charge in [0.05, 0.1) is 0 Å². The zero-order valence-electron chi connectivity index (χ0n) is 28.9. The molecule has 0 unspecified atom stereocenters. The summed E-state index contributed by atoms with van der Waals surface area (Å²) in [5, 5.41) is 7.14. The molecule has 0 saturated carbocycles. The van der Waals surface area contributed by atoms with Crippen LogP contribution < -0.4 is 0 Å². The molecule has 0 aliphatic rings. The lowest BCUT2D eigenvalue weighted by molar-refractivity contribution is 0.669. The third-order valence-electron chi connectivity index (χ3n) is 10.4. The highest BCUT2D eigenvalue weighted by atomic mass is 32.1. The van der Waals surface area contributed by atoms with Gasteiger partial charge in [-0.1, -0.05) is 146 Å². The summed E-state index contributed by atoms with van der Waals surface area (Å²) in [6.45, 7) is 0. The van der Waals surface area contributed by atoms with Crippen molar-refractivity contribution in [3.8, 4) is 56.4 Å². The van der Waals surface area contributed by atoms with E-state index >= 15 is 0 Å². The maximum Gasteiger partial charge on any atom is 0.164 e. The van der Waals surface area contributed by atoms with Crippen LogP contribution >= 0.6 is 11.3 Å². The van der Waals surface area contributed by atoms with Gasteiger partial charge in [-0.25, -0.2) is 15.0 Å². The van der Waals surface area contributed by atoms with Gasteiger partial charge in [-0.2, -0.15) is 0 Å². The average molecular weight is 708 g/mol. The minimum absolute atomic E-state index is 0.596. The molecule has 0 atom stereocenters. The predicted molar refractivity (Wildman–Crippen MR) is 225 cm³/mol. The SMILES string of the molecule is c1ccc(-c2nc(-c3ccccc3-c3ccccc3)nc(-c3cccc4oc5ccc(-c6ccc7sc8c9ccccc9ccc8c7c6)cc5c34)n2)cc1. The number of fused-ring (bicyclic) bond motifs is 8. The van der Waals surface area contributed by atoms with Gasteiger partial charge in [0.1, 0.15) is 11.2 Å². The van der Waals surface area contributed by atoms with Crippen molar-refractivity contribution in [2.75, 3.05) is 0 Å². The summed E-state index contributed by atoms with van der Waals surface area (Å²) < 4.78 is 9.12. The van der Waals surface area contributed by atoms with E-state index in [-0.39, 0.29) is 0 Å². The third-order valence-corrected chi connectivity index (χ3v) is 11.6. The molecule has 0 saturated heterocycles. The first kappa shape index (κ1) is 30.7. The Morgan fingerprint density at radius 3 is 1.85 bits per heavy atom. The lowest BCUT2D eigenvalue weighted by Gasteiger charge is -2.12. The molecule has 5 heteroatoms. The highest BCUT2D eigenvalue weighted by Crippen LogP contribution is 2.42. The molecule has 0 fully saturated rings. The topological polar surface area (TPSA) is 51.8 Å². The number of hydrogen-bond acceptors (Lipinski definition) is 5. The largest absolute Gasteiger partial charge is 0.456 e. The molecular weight excluding hydrogens is 679 g/mol. The quantitative estimate of drug-likeness (QED) is 0.179. The van der Waals surface area contributed by atoms with Gasteiger partial charge in [0, 0.05) is 47.6 Å². The Balaban J connectivity index is 1.10. The van der Waals surface area contributed by atoms with Gasteiger partial charge < -0.3 is 4.42 Å². The Hall–Kier alpha value is -6.95. The van der Waals surface area contributed by atoms with Crippen molar-refractivity contribution < 1.29 is 4.42 Å². The molecule has 0 aliphatic carbocycles. The zero-order valence-corrected chi connectivity index (χ0v) is 29.7. The molecule has 0 radical (unpaired) electrons. The first-order valence-corrected chi connectivity index (χ1v) is 18.8. The fourth-order valence-corrected chi connectivity index (χ4v) is 8.98. The number of hydrogen-bond donors (Lipinski definition) is 0. The van der Waals surface area contributed by atoms with Crippen molar-refractivity contribution in [1.29, 1.82) is 0 Å². The Bertz CT molecular complexity index is 3220. The van der Waals surface area contributed by atoms with Crippen LogP contribution in [0.3, 0.4) is 0 Å². The van der Waals surface area contributed by atoms with Crippen LogP contribution in [0, 0.1) is 0 Å². The van der Waals surface area contributed by atoms with Crippen LogP contribution in [-0.4, -0.2) is 15.0 Å². The number of benzene rings is 8. The van der Waals surface area contributed by atoms with Crippen LogP contribution in [0.15, 0.2) is 180 Å². The molecule has 0 spiro atoms. The zero-order chi connectivity index (χ0) is 35.6. The van der Waals surface area contributed by atoms with Gasteiger partial charge in [-0.15, -0.1) is 11.3 Å². The van der Waals surface area contributed by atoms with Crippen LogP contribution in [0.5, 0.6) is 0 Å². The van der Waals surface area contributed by atoms with Crippen molar-refractivity contribution >= 4 is 64.2 Å². The van der Waals surface area contributed by atoms with Gasteiger partial charge in [-0.05, 0) is 63.4 Å². The Kier molecular flexibility index (Phi) is 7.00. The van der Waals surface area contributed by atoms with Crippen molar-refractivity contribution in [1.82, 2.24) is 15.0 Å². The summed E-state index contributed by atoms with van der Waals surface area (Å²) >= 11 is 1.86. The molecule has 0 N–H and O–H groups in total. The first-order valence-electron chi connectivity index (χ1n) is 18.0. The van der Waals surface area contributed by atoms with E-state index in [2.05, 4.69) is 121 Å². The van der Waals surface area contributed by atoms with Crippen molar-refractivity contribution in [2.24, 2.45) is 0 Å². The molecule has 3 heterocycles. The fraction of sp³-hybridized carbons (Fsp3) is 0. The van der Waals surface area contributed by atoms with E-state index in [1.807, 2.05) is 65.9 Å². The smallest absolute Gasteiger partial charge is 0.164 e.